The number of carbonyl (C=O) groups excluding carboxylic acids is 2. The Kier molecular flexibility index (Phi) is 5.37. The Hall–Kier alpha value is -2.60. The van der Waals surface area contributed by atoms with Crippen molar-refractivity contribution in [2.75, 3.05) is 21.3 Å². The van der Waals surface area contributed by atoms with Crippen LogP contribution in [-0.4, -0.2) is 37.9 Å². The van der Waals surface area contributed by atoms with Crippen molar-refractivity contribution >= 4 is 23.2 Å². The van der Waals surface area contributed by atoms with E-state index in [4.69, 9.17) is 25.8 Å². The summed E-state index contributed by atoms with van der Waals surface area (Å²) in [6.45, 7) is 2.07. The Bertz CT molecular complexity index is 939. The molecule has 1 aromatic heterocycles. The van der Waals surface area contributed by atoms with Crippen LogP contribution in [0.2, 0.25) is 5.02 Å². The van der Waals surface area contributed by atoms with Crippen molar-refractivity contribution in [2.45, 2.75) is 26.2 Å². The Labute approximate surface area is 162 Å². The Morgan fingerprint density at radius 1 is 1.00 bits per heavy atom. The zero-order valence-corrected chi connectivity index (χ0v) is 16.4. The van der Waals surface area contributed by atoms with E-state index in [9.17, 15) is 9.59 Å². The second kappa shape index (κ2) is 7.56. The zero-order chi connectivity index (χ0) is 19.7. The molecule has 2 aromatic rings. The first-order valence-corrected chi connectivity index (χ1v) is 8.97. The number of aryl methyl sites for hydroxylation is 1. The summed E-state index contributed by atoms with van der Waals surface area (Å²) in [4.78, 5) is 30.4. The summed E-state index contributed by atoms with van der Waals surface area (Å²) in [5, 5.41) is 0.0800. The third-order valence-electron chi connectivity index (χ3n) is 4.64. The zero-order valence-electron chi connectivity index (χ0n) is 15.6. The van der Waals surface area contributed by atoms with Gasteiger partial charge in [-0.25, -0.2) is 4.98 Å². The molecule has 27 heavy (non-hydrogen) atoms. The SMILES string of the molecule is CCCCc1cc2c(c(OC)c1OC)C(=O)c1ncc(OC)c(Cl)c1C2=O. The summed E-state index contributed by atoms with van der Waals surface area (Å²) in [6.07, 6.45) is 3.91. The molecule has 0 radical (unpaired) electrons. The van der Waals surface area contributed by atoms with E-state index in [2.05, 4.69) is 11.9 Å². The molecule has 6 nitrogen and oxygen atoms in total. The van der Waals surface area contributed by atoms with Crippen molar-refractivity contribution in [3.8, 4) is 17.2 Å². The molecule has 0 spiro atoms. The molecule has 1 aliphatic carbocycles. The molecule has 142 valence electrons. The van der Waals surface area contributed by atoms with Crippen LogP contribution in [0.3, 0.4) is 0 Å². The summed E-state index contributed by atoms with van der Waals surface area (Å²) < 4.78 is 16.1. The lowest BCUT2D eigenvalue weighted by Gasteiger charge is -2.23. The lowest BCUT2D eigenvalue weighted by atomic mass is 9.84. The number of pyridine rings is 1. The standard InChI is InChI=1S/C20H20ClNO5/c1-5-6-7-10-8-11-13(20(27-4)19(10)26-3)18(24)16-14(17(11)23)15(21)12(25-2)9-22-16/h8-9H,5-7H2,1-4H3. The van der Waals surface area contributed by atoms with Crippen LogP contribution < -0.4 is 14.2 Å². The second-order valence-corrected chi connectivity index (χ2v) is 6.53. The van der Waals surface area contributed by atoms with Crippen molar-refractivity contribution in [3.05, 3.63) is 45.2 Å². The largest absolute Gasteiger partial charge is 0.494 e. The number of hydrogen-bond donors (Lipinski definition) is 0. The van der Waals surface area contributed by atoms with Crippen LogP contribution in [-0.2, 0) is 6.42 Å². The first-order valence-electron chi connectivity index (χ1n) is 8.59. The molecule has 1 aromatic carbocycles. The van der Waals surface area contributed by atoms with Gasteiger partial charge in [0.2, 0.25) is 5.78 Å². The van der Waals surface area contributed by atoms with E-state index in [0.29, 0.717) is 12.2 Å². The molecular weight excluding hydrogens is 370 g/mol. The number of ketones is 2. The van der Waals surface area contributed by atoms with E-state index < -0.39 is 5.78 Å². The summed E-state index contributed by atoms with van der Waals surface area (Å²) in [6, 6.07) is 1.70. The molecule has 7 heteroatoms. The molecule has 3 rings (SSSR count). The van der Waals surface area contributed by atoms with Gasteiger partial charge in [-0.05, 0) is 24.5 Å². The van der Waals surface area contributed by atoms with E-state index >= 15 is 0 Å². The molecule has 0 aliphatic heterocycles. The van der Waals surface area contributed by atoms with Gasteiger partial charge in [-0.3, -0.25) is 9.59 Å². The van der Waals surface area contributed by atoms with Crippen LogP contribution in [0.4, 0.5) is 0 Å². The molecule has 0 saturated carbocycles. The fraction of sp³-hybridized carbons (Fsp3) is 0.350. The Morgan fingerprint density at radius 2 is 1.70 bits per heavy atom. The fourth-order valence-corrected chi connectivity index (χ4v) is 3.62. The van der Waals surface area contributed by atoms with Gasteiger partial charge in [0.15, 0.2) is 23.0 Å². The highest BCUT2D eigenvalue weighted by atomic mass is 35.5. The first-order chi connectivity index (χ1) is 13.0. The number of halogens is 1. The van der Waals surface area contributed by atoms with Gasteiger partial charge in [0.05, 0.1) is 43.7 Å². The average Bonchev–Trinajstić information content (AvgIpc) is 2.68. The fourth-order valence-electron chi connectivity index (χ4n) is 3.32. The maximum atomic E-state index is 13.2. The van der Waals surface area contributed by atoms with Gasteiger partial charge in [-0.15, -0.1) is 0 Å². The van der Waals surface area contributed by atoms with Crippen LogP contribution in [0.15, 0.2) is 12.3 Å². The topological polar surface area (TPSA) is 74.7 Å². The van der Waals surface area contributed by atoms with Crippen molar-refractivity contribution in [2.24, 2.45) is 0 Å². The Balaban J connectivity index is 2.30. The van der Waals surface area contributed by atoms with E-state index in [0.717, 1.165) is 18.4 Å². The predicted molar refractivity (Wildman–Crippen MR) is 101 cm³/mol. The van der Waals surface area contributed by atoms with Crippen molar-refractivity contribution < 1.29 is 23.8 Å². The minimum atomic E-state index is -0.429. The minimum absolute atomic E-state index is 0.0139. The third-order valence-corrected chi connectivity index (χ3v) is 5.01. The van der Waals surface area contributed by atoms with Crippen molar-refractivity contribution in [1.29, 1.82) is 0 Å². The van der Waals surface area contributed by atoms with Crippen molar-refractivity contribution in [3.63, 3.8) is 0 Å². The lowest BCUT2D eigenvalue weighted by molar-refractivity contribution is 0.0971. The van der Waals surface area contributed by atoms with Crippen LogP contribution in [0.25, 0.3) is 0 Å². The number of unbranched alkanes of at least 4 members (excludes halogenated alkanes) is 1. The summed E-state index contributed by atoms with van der Waals surface area (Å²) in [5.41, 5.74) is 1.25. The monoisotopic (exact) mass is 389 g/mol. The van der Waals surface area contributed by atoms with E-state index in [1.807, 2.05) is 0 Å². The smallest absolute Gasteiger partial charge is 0.216 e. The van der Waals surface area contributed by atoms with E-state index in [1.165, 1.54) is 27.5 Å². The number of aromatic nitrogens is 1. The Morgan fingerprint density at radius 3 is 2.30 bits per heavy atom. The molecule has 0 unspecified atom stereocenters. The highest BCUT2D eigenvalue weighted by molar-refractivity contribution is 6.40. The third kappa shape index (κ3) is 2.94. The quantitative estimate of drug-likeness (QED) is 0.637. The van der Waals surface area contributed by atoms with Gasteiger partial charge < -0.3 is 14.2 Å². The van der Waals surface area contributed by atoms with Crippen LogP contribution in [0.5, 0.6) is 17.2 Å². The van der Waals surface area contributed by atoms with Gasteiger partial charge >= 0.3 is 0 Å². The second-order valence-electron chi connectivity index (χ2n) is 6.15. The molecular formula is C20H20ClNO5. The average molecular weight is 390 g/mol. The van der Waals surface area contributed by atoms with Crippen LogP contribution in [0, 0.1) is 0 Å². The number of benzene rings is 1. The maximum absolute atomic E-state index is 13.2. The summed E-state index contributed by atoms with van der Waals surface area (Å²) in [5.74, 6) is 0.149. The van der Waals surface area contributed by atoms with Gasteiger partial charge in [0.1, 0.15) is 5.69 Å². The first kappa shape index (κ1) is 19.2. The number of methoxy groups -OCH3 is 3. The van der Waals surface area contributed by atoms with E-state index in [1.54, 1.807) is 6.07 Å². The van der Waals surface area contributed by atoms with Crippen LogP contribution in [0.1, 0.15) is 57.3 Å². The molecule has 0 saturated heterocycles. The number of hydrogen-bond acceptors (Lipinski definition) is 6. The number of nitrogens with zero attached hydrogens (tertiary/aromatic N) is 1. The molecule has 0 amide bonds. The number of fused-ring (bicyclic) bond motifs is 2. The number of ether oxygens (including phenoxy) is 3. The maximum Gasteiger partial charge on any atom is 0.216 e. The highest BCUT2D eigenvalue weighted by Gasteiger charge is 2.38. The summed E-state index contributed by atoms with van der Waals surface area (Å²) >= 11 is 6.32. The van der Waals surface area contributed by atoms with Gasteiger partial charge in [0, 0.05) is 5.56 Å². The normalized spacial score (nSPS) is 12.5. The predicted octanol–water partition coefficient (Wildman–Crippen LogP) is 3.88. The van der Waals surface area contributed by atoms with Crippen LogP contribution >= 0.6 is 11.6 Å². The lowest BCUT2D eigenvalue weighted by Crippen LogP contribution is -2.24. The van der Waals surface area contributed by atoms with Gasteiger partial charge in [-0.1, -0.05) is 24.9 Å². The highest BCUT2D eigenvalue weighted by Crippen LogP contribution is 2.44. The minimum Gasteiger partial charge on any atom is -0.494 e. The molecule has 1 heterocycles. The number of carbonyl (C=O) groups is 2. The van der Waals surface area contributed by atoms with Gasteiger partial charge in [-0.2, -0.15) is 0 Å². The van der Waals surface area contributed by atoms with E-state index in [-0.39, 0.29) is 44.7 Å². The molecule has 1 aliphatic rings. The molecule has 0 N–H and O–H groups in total. The molecule has 0 fully saturated rings. The number of rotatable bonds is 6. The van der Waals surface area contributed by atoms with Gasteiger partial charge in [0.25, 0.3) is 0 Å². The van der Waals surface area contributed by atoms with Crippen molar-refractivity contribution in [1.82, 2.24) is 4.98 Å². The molecule has 0 bridgehead atoms. The molecule has 0 atom stereocenters. The summed E-state index contributed by atoms with van der Waals surface area (Å²) in [7, 11) is 4.39.